The first-order valence-corrected chi connectivity index (χ1v) is 16.2. The van der Waals surface area contributed by atoms with Gasteiger partial charge in [-0.2, -0.15) is 0 Å². The van der Waals surface area contributed by atoms with Crippen LogP contribution in [0.5, 0.6) is 0 Å². The van der Waals surface area contributed by atoms with E-state index in [2.05, 4.69) is 69.2 Å². The van der Waals surface area contributed by atoms with Crippen molar-refractivity contribution in [3.8, 4) is 0 Å². The highest BCUT2D eigenvalue weighted by molar-refractivity contribution is 7.54. The van der Waals surface area contributed by atoms with Gasteiger partial charge < -0.3 is 14.2 Å². The lowest BCUT2D eigenvalue weighted by atomic mass is 9.66. The zero-order chi connectivity index (χ0) is 27.6. The molecule has 0 aromatic heterocycles. The Morgan fingerprint density at radius 3 is 1.72 bits per heavy atom. The molecule has 0 aliphatic heterocycles. The molecule has 0 radical (unpaired) electrons. The van der Waals surface area contributed by atoms with E-state index in [4.69, 9.17) is 9.05 Å². The highest BCUT2D eigenvalue weighted by Crippen LogP contribution is 2.54. The van der Waals surface area contributed by atoms with Crippen LogP contribution in [-0.4, -0.2) is 30.1 Å². The number of unbranched alkanes of at least 4 members (excludes halogenated alkanes) is 4. The lowest BCUT2D eigenvalue weighted by Gasteiger charge is -2.44. The molecule has 1 atom stereocenters. The summed E-state index contributed by atoms with van der Waals surface area (Å²) in [4.78, 5) is 0. The van der Waals surface area contributed by atoms with E-state index in [-0.39, 0.29) is 17.0 Å². The molecule has 0 saturated heterocycles. The van der Waals surface area contributed by atoms with Crippen LogP contribution in [0.15, 0.2) is 23.3 Å². The summed E-state index contributed by atoms with van der Waals surface area (Å²) in [7, 11) is -3.30. The molecular weight excluding hydrogens is 467 g/mol. The molecule has 0 aromatic carbocycles. The quantitative estimate of drug-likeness (QED) is 0.161. The summed E-state index contributed by atoms with van der Waals surface area (Å²) < 4.78 is 26.2. The van der Waals surface area contributed by atoms with Gasteiger partial charge in [-0.15, -0.1) is 0 Å². The Morgan fingerprint density at radius 1 is 0.861 bits per heavy atom. The minimum absolute atomic E-state index is 0.155. The largest absolute Gasteiger partial charge is 0.385 e. The molecule has 1 unspecified atom stereocenters. The molecule has 1 rings (SSSR count). The molecular formula is C31H59O4P. The maximum atomic E-state index is 14.0. The van der Waals surface area contributed by atoms with Crippen molar-refractivity contribution in [1.29, 1.82) is 0 Å². The van der Waals surface area contributed by atoms with Crippen LogP contribution in [-0.2, 0) is 13.6 Å². The molecule has 0 amide bonds. The molecule has 0 spiro atoms. The van der Waals surface area contributed by atoms with Gasteiger partial charge in [0.05, 0.1) is 25.0 Å². The topological polar surface area (TPSA) is 55.8 Å². The van der Waals surface area contributed by atoms with Gasteiger partial charge in [-0.05, 0) is 41.1 Å². The van der Waals surface area contributed by atoms with Crippen molar-refractivity contribution in [3.05, 3.63) is 23.3 Å². The van der Waals surface area contributed by atoms with E-state index in [1.54, 1.807) is 0 Å². The molecule has 36 heavy (non-hydrogen) atoms. The van der Waals surface area contributed by atoms with Gasteiger partial charge in [-0.3, -0.25) is 4.57 Å². The lowest BCUT2D eigenvalue weighted by molar-refractivity contribution is -0.0178. The second-order valence-corrected chi connectivity index (χ2v) is 15.9. The maximum absolute atomic E-state index is 14.0. The fourth-order valence-electron chi connectivity index (χ4n) is 4.60. The summed E-state index contributed by atoms with van der Waals surface area (Å²) in [5.41, 5.74) is 0.757. The highest BCUT2D eigenvalue weighted by atomic mass is 31.2. The highest BCUT2D eigenvalue weighted by Gasteiger charge is 2.43. The molecule has 1 aliphatic carbocycles. The van der Waals surface area contributed by atoms with Crippen LogP contribution in [0.25, 0.3) is 0 Å². The third-order valence-electron chi connectivity index (χ3n) is 7.39. The van der Waals surface area contributed by atoms with Crippen molar-refractivity contribution in [2.75, 3.05) is 19.4 Å². The third kappa shape index (κ3) is 12.0. The first kappa shape index (κ1) is 33.6. The van der Waals surface area contributed by atoms with Crippen molar-refractivity contribution in [3.63, 3.8) is 0 Å². The molecule has 0 heterocycles. The van der Waals surface area contributed by atoms with Crippen LogP contribution < -0.4 is 0 Å². The first-order valence-electron chi connectivity index (χ1n) is 14.5. The van der Waals surface area contributed by atoms with E-state index in [1.807, 2.05) is 12.2 Å². The first-order chi connectivity index (χ1) is 16.5. The van der Waals surface area contributed by atoms with E-state index in [1.165, 1.54) is 25.7 Å². The minimum Gasteiger partial charge on any atom is -0.385 e. The van der Waals surface area contributed by atoms with Gasteiger partial charge >= 0.3 is 7.60 Å². The monoisotopic (exact) mass is 526 g/mol. The number of hydrogen-bond donors (Lipinski definition) is 1. The molecule has 0 saturated carbocycles. The van der Waals surface area contributed by atoms with Gasteiger partial charge in [0.25, 0.3) is 0 Å². The lowest BCUT2D eigenvalue weighted by Crippen LogP contribution is -2.44. The SMILES string of the molecule is CC(C)CCCCCOP(=O)(CC1=C(C(C)(C)C)CC(O)(C(C)(C)C)C=C1)OCCCCCC(C)C. The Hall–Kier alpha value is -0.410. The zero-order valence-electron chi connectivity index (χ0n) is 25.4. The van der Waals surface area contributed by atoms with Crippen LogP contribution >= 0.6 is 7.60 Å². The van der Waals surface area contributed by atoms with Crippen molar-refractivity contribution in [1.82, 2.24) is 0 Å². The van der Waals surface area contributed by atoms with Crippen LogP contribution in [0, 0.1) is 22.7 Å². The Labute approximate surface area is 224 Å². The van der Waals surface area contributed by atoms with Gasteiger partial charge in [-0.1, -0.05) is 125 Å². The predicted octanol–water partition coefficient (Wildman–Crippen LogP) is 9.73. The number of allylic oxidation sites excluding steroid dienone is 2. The normalized spacial score (nSPS) is 19.7. The Kier molecular flexibility index (Phi) is 13.7. The smallest absolute Gasteiger partial charge is 0.335 e. The van der Waals surface area contributed by atoms with E-state index in [9.17, 15) is 9.67 Å². The predicted molar refractivity (Wildman–Crippen MR) is 156 cm³/mol. The van der Waals surface area contributed by atoms with Gasteiger partial charge in [0, 0.05) is 6.42 Å². The van der Waals surface area contributed by atoms with E-state index in [0.29, 0.717) is 31.5 Å². The Bertz CT molecular complexity index is 728. The Morgan fingerprint density at radius 2 is 1.33 bits per heavy atom. The number of hydrogen-bond acceptors (Lipinski definition) is 4. The van der Waals surface area contributed by atoms with Crippen LogP contribution in [0.3, 0.4) is 0 Å². The summed E-state index contributed by atoms with van der Waals surface area (Å²) in [6, 6.07) is 0. The van der Waals surface area contributed by atoms with Gasteiger partial charge in [-0.25, -0.2) is 0 Å². The molecule has 4 nitrogen and oxygen atoms in total. The Balaban J connectivity index is 2.97. The molecule has 0 fully saturated rings. The maximum Gasteiger partial charge on any atom is 0.335 e. The van der Waals surface area contributed by atoms with Crippen molar-refractivity contribution < 1.29 is 18.7 Å². The molecule has 5 heteroatoms. The van der Waals surface area contributed by atoms with E-state index in [0.717, 1.165) is 36.8 Å². The molecule has 0 bridgehead atoms. The van der Waals surface area contributed by atoms with Crippen molar-refractivity contribution in [2.24, 2.45) is 22.7 Å². The van der Waals surface area contributed by atoms with Gasteiger partial charge in [0.1, 0.15) is 0 Å². The summed E-state index contributed by atoms with van der Waals surface area (Å²) in [5.74, 6) is 1.42. The second kappa shape index (κ2) is 14.7. The summed E-state index contributed by atoms with van der Waals surface area (Å²) in [6.45, 7) is 22.6. The third-order valence-corrected chi connectivity index (χ3v) is 9.27. The van der Waals surface area contributed by atoms with Crippen LogP contribution in [0.1, 0.15) is 127 Å². The molecule has 1 N–H and O–H groups in total. The van der Waals surface area contributed by atoms with Crippen LogP contribution in [0.4, 0.5) is 0 Å². The minimum atomic E-state index is -3.30. The number of rotatable bonds is 16. The van der Waals surface area contributed by atoms with Gasteiger partial charge in [0.15, 0.2) is 0 Å². The molecule has 212 valence electrons. The van der Waals surface area contributed by atoms with Crippen molar-refractivity contribution in [2.45, 2.75) is 133 Å². The summed E-state index contributed by atoms with van der Waals surface area (Å²) in [6.07, 6.45) is 13.5. The summed E-state index contributed by atoms with van der Waals surface area (Å²) in [5, 5.41) is 11.4. The average Bonchev–Trinajstić information content (AvgIpc) is 2.72. The molecule has 1 aliphatic rings. The average molecular weight is 527 g/mol. The standard InChI is InChI=1S/C31H59O4P/c1-25(2)17-13-11-15-21-34-36(33,35-22-16-12-14-18-26(3)4)24-27-19-20-31(32,30(8,9)10)23-28(27)29(5,6)7/h19-20,25-26,32H,11-18,21-24H2,1-10H3. The van der Waals surface area contributed by atoms with Crippen LogP contribution in [0.2, 0.25) is 0 Å². The molecule has 0 aromatic rings. The summed E-state index contributed by atoms with van der Waals surface area (Å²) >= 11 is 0. The van der Waals surface area contributed by atoms with Crippen molar-refractivity contribution >= 4 is 7.60 Å². The fraction of sp³-hybridized carbons (Fsp3) is 0.871. The second-order valence-electron chi connectivity index (χ2n) is 13.9. The van der Waals surface area contributed by atoms with E-state index >= 15 is 0 Å². The van der Waals surface area contributed by atoms with E-state index < -0.39 is 13.2 Å². The van der Waals surface area contributed by atoms with Gasteiger partial charge in [0.2, 0.25) is 0 Å². The zero-order valence-corrected chi connectivity index (χ0v) is 26.3. The fourth-order valence-corrected chi connectivity index (χ4v) is 6.38. The number of aliphatic hydroxyl groups is 1.